The maximum absolute atomic E-state index is 12.0. The zero-order valence-corrected chi connectivity index (χ0v) is 14.3. The van der Waals surface area contributed by atoms with E-state index in [0.29, 0.717) is 15.8 Å². The fourth-order valence-electron chi connectivity index (χ4n) is 1.75. The quantitative estimate of drug-likeness (QED) is 0.804. The predicted molar refractivity (Wildman–Crippen MR) is 85.9 cm³/mol. The third kappa shape index (κ3) is 3.42. The molecule has 0 atom stereocenters. The summed E-state index contributed by atoms with van der Waals surface area (Å²) in [4.78, 5) is 23.8. The summed E-state index contributed by atoms with van der Waals surface area (Å²) in [6.45, 7) is 8.16. The Kier molecular flexibility index (Phi) is 4.10. The molecule has 0 saturated heterocycles. The standard InChI is InChI=1S/C13H16IN3OS/c1-7-15-8(6-19-7)5-9-16-11(13(2,3)4)10(14)12(18)17-9/h6H,5H2,1-4H3,(H,16,17,18). The molecule has 2 heterocycles. The molecule has 0 unspecified atom stereocenters. The molecule has 1 N–H and O–H groups in total. The molecule has 102 valence electrons. The Morgan fingerprint density at radius 2 is 2.05 bits per heavy atom. The second kappa shape index (κ2) is 5.32. The van der Waals surface area contributed by atoms with Gasteiger partial charge in [0.2, 0.25) is 0 Å². The van der Waals surface area contributed by atoms with E-state index in [1.165, 1.54) is 0 Å². The summed E-state index contributed by atoms with van der Waals surface area (Å²) in [6, 6.07) is 0. The van der Waals surface area contributed by atoms with Gasteiger partial charge in [-0.2, -0.15) is 0 Å². The topological polar surface area (TPSA) is 58.6 Å². The number of aryl methyl sites for hydroxylation is 1. The highest BCUT2D eigenvalue weighted by Gasteiger charge is 2.22. The molecular formula is C13H16IN3OS. The lowest BCUT2D eigenvalue weighted by Crippen LogP contribution is -2.25. The van der Waals surface area contributed by atoms with Crippen LogP contribution in [0.1, 0.15) is 43.0 Å². The van der Waals surface area contributed by atoms with E-state index in [2.05, 4.69) is 58.3 Å². The molecule has 4 nitrogen and oxygen atoms in total. The van der Waals surface area contributed by atoms with Crippen LogP contribution in [0.2, 0.25) is 0 Å². The first-order valence-electron chi connectivity index (χ1n) is 5.97. The van der Waals surface area contributed by atoms with Crippen molar-refractivity contribution in [1.82, 2.24) is 15.0 Å². The van der Waals surface area contributed by atoms with Gasteiger partial charge >= 0.3 is 0 Å². The van der Waals surface area contributed by atoms with Crippen molar-refractivity contribution in [3.05, 3.63) is 41.5 Å². The molecule has 2 rings (SSSR count). The van der Waals surface area contributed by atoms with Gasteiger partial charge in [-0.3, -0.25) is 4.79 Å². The van der Waals surface area contributed by atoms with Gasteiger partial charge in [-0.05, 0) is 29.5 Å². The first-order chi connectivity index (χ1) is 8.77. The van der Waals surface area contributed by atoms with Gasteiger partial charge in [0.1, 0.15) is 9.39 Å². The SMILES string of the molecule is Cc1nc(Cc2nc(C(C)(C)C)c(I)c(=O)[nH]2)cs1. The molecule has 0 spiro atoms. The van der Waals surface area contributed by atoms with Crippen LogP contribution < -0.4 is 5.56 Å². The van der Waals surface area contributed by atoms with E-state index in [0.717, 1.165) is 16.4 Å². The highest BCUT2D eigenvalue weighted by Crippen LogP contribution is 2.23. The van der Waals surface area contributed by atoms with Crippen molar-refractivity contribution in [3.8, 4) is 0 Å². The van der Waals surface area contributed by atoms with E-state index in [1.807, 2.05) is 12.3 Å². The first-order valence-corrected chi connectivity index (χ1v) is 7.93. The van der Waals surface area contributed by atoms with Crippen molar-refractivity contribution in [2.45, 2.75) is 39.5 Å². The second-order valence-corrected chi connectivity index (χ2v) is 7.60. The van der Waals surface area contributed by atoms with Gasteiger partial charge in [-0.15, -0.1) is 11.3 Å². The average Bonchev–Trinajstić information content (AvgIpc) is 2.67. The van der Waals surface area contributed by atoms with Crippen LogP contribution in [0, 0.1) is 10.5 Å². The van der Waals surface area contributed by atoms with Gasteiger partial charge in [0.25, 0.3) is 5.56 Å². The fourth-order valence-corrected chi connectivity index (χ4v) is 3.42. The van der Waals surface area contributed by atoms with Crippen LogP contribution >= 0.6 is 33.9 Å². The van der Waals surface area contributed by atoms with Crippen LogP contribution in [-0.4, -0.2) is 15.0 Å². The van der Waals surface area contributed by atoms with Crippen molar-refractivity contribution in [2.75, 3.05) is 0 Å². The number of aromatic amines is 1. The molecule has 2 aromatic heterocycles. The Balaban J connectivity index is 2.43. The van der Waals surface area contributed by atoms with Crippen LogP contribution in [0.25, 0.3) is 0 Å². The van der Waals surface area contributed by atoms with E-state index >= 15 is 0 Å². The van der Waals surface area contributed by atoms with Gasteiger partial charge in [0, 0.05) is 17.2 Å². The zero-order valence-electron chi connectivity index (χ0n) is 11.4. The molecule has 0 aromatic carbocycles. The third-order valence-electron chi connectivity index (χ3n) is 2.64. The molecule has 0 amide bonds. The summed E-state index contributed by atoms with van der Waals surface area (Å²) >= 11 is 3.67. The highest BCUT2D eigenvalue weighted by atomic mass is 127. The van der Waals surface area contributed by atoms with Crippen molar-refractivity contribution < 1.29 is 0 Å². The average molecular weight is 389 g/mol. The van der Waals surface area contributed by atoms with E-state index in [-0.39, 0.29) is 11.0 Å². The lowest BCUT2D eigenvalue weighted by molar-refractivity contribution is 0.556. The molecule has 0 aliphatic carbocycles. The van der Waals surface area contributed by atoms with Crippen molar-refractivity contribution in [2.24, 2.45) is 0 Å². The Hall–Kier alpha value is -0.760. The Bertz CT molecular complexity index is 655. The number of rotatable bonds is 2. The fraction of sp³-hybridized carbons (Fsp3) is 0.462. The highest BCUT2D eigenvalue weighted by molar-refractivity contribution is 14.1. The van der Waals surface area contributed by atoms with Crippen molar-refractivity contribution >= 4 is 33.9 Å². The lowest BCUT2D eigenvalue weighted by atomic mass is 9.92. The maximum atomic E-state index is 12.0. The molecule has 0 aliphatic heterocycles. The third-order valence-corrected chi connectivity index (χ3v) is 4.46. The number of hydrogen-bond acceptors (Lipinski definition) is 4. The monoisotopic (exact) mass is 389 g/mol. The van der Waals surface area contributed by atoms with E-state index in [1.54, 1.807) is 11.3 Å². The first kappa shape index (κ1) is 14.6. The van der Waals surface area contributed by atoms with Crippen molar-refractivity contribution in [1.29, 1.82) is 0 Å². The van der Waals surface area contributed by atoms with Gasteiger partial charge < -0.3 is 4.98 Å². The van der Waals surface area contributed by atoms with E-state index < -0.39 is 0 Å². The van der Waals surface area contributed by atoms with Gasteiger partial charge in [-0.25, -0.2) is 9.97 Å². The van der Waals surface area contributed by atoms with Gasteiger partial charge in [0.05, 0.1) is 16.4 Å². The van der Waals surface area contributed by atoms with Crippen LogP contribution in [-0.2, 0) is 11.8 Å². The van der Waals surface area contributed by atoms with Crippen LogP contribution in [0.15, 0.2) is 10.2 Å². The molecule has 19 heavy (non-hydrogen) atoms. The minimum Gasteiger partial charge on any atom is -0.309 e. The molecule has 0 saturated carbocycles. The number of thiazole rings is 1. The van der Waals surface area contributed by atoms with Crippen LogP contribution in [0.3, 0.4) is 0 Å². The number of H-pyrrole nitrogens is 1. The minimum absolute atomic E-state index is 0.0672. The Labute approximate surface area is 129 Å². The molecular weight excluding hydrogens is 373 g/mol. The largest absolute Gasteiger partial charge is 0.309 e. The van der Waals surface area contributed by atoms with E-state index in [9.17, 15) is 4.79 Å². The summed E-state index contributed by atoms with van der Waals surface area (Å²) in [6.07, 6.45) is 0.569. The summed E-state index contributed by atoms with van der Waals surface area (Å²) < 4.78 is 0.670. The number of nitrogens with one attached hydrogen (secondary N) is 1. The number of nitrogens with zero attached hydrogens (tertiary/aromatic N) is 2. The summed E-state index contributed by atoms with van der Waals surface area (Å²) in [5.74, 6) is 0.681. The molecule has 6 heteroatoms. The normalized spacial score (nSPS) is 11.8. The summed E-state index contributed by atoms with van der Waals surface area (Å²) in [5, 5.41) is 3.03. The minimum atomic E-state index is -0.141. The van der Waals surface area contributed by atoms with Crippen LogP contribution in [0.5, 0.6) is 0 Å². The Morgan fingerprint density at radius 3 is 2.58 bits per heavy atom. The van der Waals surface area contributed by atoms with Crippen molar-refractivity contribution in [3.63, 3.8) is 0 Å². The Morgan fingerprint density at radius 1 is 1.37 bits per heavy atom. The van der Waals surface area contributed by atoms with Gasteiger partial charge in [0.15, 0.2) is 0 Å². The van der Waals surface area contributed by atoms with Crippen LogP contribution in [0.4, 0.5) is 0 Å². The lowest BCUT2D eigenvalue weighted by Gasteiger charge is -2.19. The molecule has 0 bridgehead atoms. The molecule has 2 aromatic rings. The molecule has 0 aliphatic rings. The molecule has 0 fully saturated rings. The van der Waals surface area contributed by atoms with Gasteiger partial charge in [-0.1, -0.05) is 20.8 Å². The zero-order chi connectivity index (χ0) is 14.2. The number of halogens is 1. The number of aromatic nitrogens is 3. The summed E-state index contributed by atoms with van der Waals surface area (Å²) in [5.41, 5.74) is 1.59. The number of hydrogen-bond donors (Lipinski definition) is 1. The molecule has 0 radical (unpaired) electrons. The smallest absolute Gasteiger partial charge is 0.264 e. The maximum Gasteiger partial charge on any atom is 0.264 e. The van der Waals surface area contributed by atoms with E-state index in [4.69, 9.17) is 0 Å². The summed E-state index contributed by atoms with van der Waals surface area (Å²) in [7, 11) is 0. The second-order valence-electron chi connectivity index (χ2n) is 5.46. The predicted octanol–water partition coefficient (Wildman–Crippen LogP) is 3.03.